The Morgan fingerprint density at radius 3 is 2.79 bits per heavy atom. The number of nitrogens with two attached hydrogens (primary N) is 1. The molecular weight excluding hydrogens is 256 g/mol. The molecule has 2 aromatic heterocycles. The van der Waals surface area contributed by atoms with E-state index in [-0.39, 0.29) is 6.61 Å². The van der Waals surface area contributed by atoms with Crippen molar-refractivity contribution in [1.29, 1.82) is 0 Å². The first-order valence-corrected chi connectivity index (χ1v) is 6.08. The molecule has 2 rings (SSSR count). The average Bonchev–Trinajstić information content (AvgIpc) is 2.83. The normalized spacial score (nSPS) is 11.8. The van der Waals surface area contributed by atoms with E-state index in [0.717, 1.165) is 23.3 Å². The van der Waals surface area contributed by atoms with Gasteiger partial charge in [0.05, 0.1) is 18.8 Å². The SMILES string of the molecule is CCc1nn(C)c2c1nc(N)n2CCOCC(F)F. The average molecular weight is 273 g/mol. The van der Waals surface area contributed by atoms with Crippen molar-refractivity contribution in [1.82, 2.24) is 19.3 Å². The van der Waals surface area contributed by atoms with Crippen LogP contribution < -0.4 is 5.73 Å². The molecule has 2 aromatic rings. The molecule has 0 fully saturated rings. The van der Waals surface area contributed by atoms with Crippen molar-refractivity contribution in [3.8, 4) is 0 Å². The molecule has 0 aliphatic carbocycles. The van der Waals surface area contributed by atoms with E-state index < -0.39 is 13.0 Å². The highest BCUT2D eigenvalue weighted by Crippen LogP contribution is 2.21. The fourth-order valence-electron chi connectivity index (χ4n) is 2.05. The van der Waals surface area contributed by atoms with Crippen molar-refractivity contribution >= 4 is 17.1 Å². The van der Waals surface area contributed by atoms with E-state index >= 15 is 0 Å². The highest BCUT2D eigenvalue weighted by atomic mass is 19.3. The van der Waals surface area contributed by atoms with Gasteiger partial charge in [0, 0.05) is 7.05 Å². The summed E-state index contributed by atoms with van der Waals surface area (Å²) in [4.78, 5) is 4.27. The lowest BCUT2D eigenvalue weighted by molar-refractivity contribution is 0.0151. The third kappa shape index (κ3) is 2.67. The van der Waals surface area contributed by atoms with Gasteiger partial charge in [-0.2, -0.15) is 5.10 Å². The number of nitrogen functional groups attached to an aromatic ring is 1. The minimum absolute atomic E-state index is 0.159. The molecule has 6 nitrogen and oxygen atoms in total. The Labute approximate surface area is 109 Å². The Hall–Kier alpha value is -1.70. The van der Waals surface area contributed by atoms with Crippen LogP contribution >= 0.6 is 0 Å². The standard InChI is InChI=1S/C11H17F2N5O/c1-3-7-9-10(17(2)16-7)18(11(14)15-9)4-5-19-6-8(12)13/h8H,3-6H2,1-2H3,(H2,14,15). The summed E-state index contributed by atoms with van der Waals surface area (Å²) in [6, 6.07) is 0. The molecule has 2 N–H and O–H groups in total. The molecule has 19 heavy (non-hydrogen) atoms. The number of ether oxygens (including phenoxy) is 1. The molecular formula is C11H17F2N5O. The molecule has 106 valence electrons. The molecule has 0 spiro atoms. The Balaban J connectivity index is 2.18. The van der Waals surface area contributed by atoms with Crippen LogP contribution in [0.25, 0.3) is 11.2 Å². The number of hydrogen-bond acceptors (Lipinski definition) is 4. The van der Waals surface area contributed by atoms with Crippen molar-refractivity contribution in [2.75, 3.05) is 18.9 Å². The highest BCUT2D eigenvalue weighted by Gasteiger charge is 2.16. The molecule has 0 saturated carbocycles. The topological polar surface area (TPSA) is 70.9 Å². The first-order chi connectivity index (χ1) is 9.04. The fourth-order valence-corrected chi connectivity index (χ4v) is 2.05. The van der Waals surface area contributed by atoms with Gasteiger partial charge in [-0.25, -0.2) is 13.8 Å². The molecule has 0 amide bonds. The third-order valence-corrected chi connectivity index (χ3v) is 2.86. The lowest BCUT2D eigenvalue weighted by atomic mass is 10.3. The highest BCUT2D eigenvalue weighted by molar-refractivity contribution is 5.77. The number of fused-ring (bicyclic) bond motifs is 1. The molecule has 0 aliphatic heterocycles. The number of anilines is 1. The monoisotopic (exact) mass is 273 g/mol. The molecule has 0 radical (unpaired) electrons. The molecule has 2 heterocycles. The summed E-state index contributed by atoms with van der Waals surface area (Å²) in [5.74, 6) is 0.346. The number of hydrogen-bond donors (Lipinski definition) is 1. The molecule has 0 atom stereocenters. The Bertz CT molecular complexity index is 563. The Kier molecular flexibility index (Phi) is 3.98. The fraction of sp³-hybridized carbons (Fsp3) is 0.636. The predicted molar refractivity (Wildman–Crippen MR) is 67.1 cm³/mol. The van der Waals surface area contributed by atoms with Crippen LogP contribution in [-0.4, -0.2) is 39.0 Å². The van der Waals surface area contributed by atoms with Gasteiger partial charge < -0.3 is 10.5 Å². The van der Waals surface area contributed by atoms with Crippen LogP contribution in [0.3, 0.4) is 0 Å². The van der Waals surface area contributed by atoms with Crippen LogP contribution in [-0.2, 0) is 24.8 Å². The van der Waals surface area contributed by atoms with Crippen LogP contribution in [0.1, 0.15) is 12.6 Å². The summed E-state index contributed by atoms with van der Waals surface area (Å²) < 4.78 is 32.2. The third-order valence-electron chi connectivity index (χ3n) is 2.86. The Morgan fingerprint density at radius 2 is 2.16 bits per heavy atom. The van der Waals surface area contributed by atoms with Gasteiger partial charge in [0.15, 0.2) is 5.65 Å². The maximum absolute atomic E-state index is 12.0. The van der Waals surface area contributed by atoms with Crippen LogP contribution in [0.5, 0.6) is 0 Å². The molecule has 0 saturated heterocycles. The minimum atomic E-state index is -2.46. The zero-order valence-electron chi connectivity index (χ0n) is 10.9. The maximum Gasteiger partial charge on any atom is 0.261 e. The summed E-state index contributed by atoms with van der Waals surface area (Å²) in [6.07, 6.45) is -1.70. The zero-order chi connectivity index (χ0) is 14.0. The second-order valence-electron chi connectivity index (χ2n) is 4.18. The van der Waals surface area contributed by atoms with Gasteiger partial charge in [0.25, 0.3) is 6.43 Å². The molecule has 0 aromatic carbocycles. The van der Waals surface area contributed by atoms with Crippen LogP contribution in [0.15, 0.2) is 0 Å². The van der Waals surface area contributed by atoms with Gasteiger partial charge in [-0.05, 0) is 6.42 Å². The maximum atomic E-state index is 12.0. The van der Waals surface area contributed by atoms with E-state index in [9.17, 15) is 8.78 Å². The zero-order valence-corrected chi connectivity index (χ0v) is 10.9. The second kappa shape index (κ2) is 5.52. The summed E-state index contributed by atoms with van der Waals surface area (Å²) in [6.45, 7) is 1.95. The number of nitrogens with zero attached hydrogens (tertiary/aromatic N) is 4. The predicted octanol–water partition coefficient (Wildman–Crippen LogP) is 1.20. The van der Waals surface area contributed by atoms with Crippen molar-refractivity contribution in [3.05, 3.63) is 5.69 Å². The van der Waals surface area contributed by atoms with E-state index in [2.05, 4.69) is 10.1 Å². The number of aromatic nitrogens is 4. The van der Waals surface area contributed by atoms with E-state index in [4.69, 9.17) is 10.5 Å². The Morgan fingerprint density at radius 1 is 1.42 bits per heavy atom. The minimum Gasteiger partial charge on any atom is -0.374 e. The van der Waals surface area contributed by atoms with Gasteiger partial charge in [-0.3, -0.25) is 9.25 Å². The van der Waals surface area contributed by atoms with E-state index in [1.54, 1.807) is 16.3 Å². The first-order valence-electron chi connectivity index (χ1n) is 6.08. The van der Waals surface area contributed by atoms with Crippen molar-refractivity contribution in [2.24, 2.45) is 7.05 Å². The molecule has 0 bridgehead atoms. The van der Waals surface area contributed by atoms with E-state index in [0.29, 0.717) is 12.5 Å². The lowest BCUT2D eigenvalue weighted by Crippen LogP contribution is -2.13. The molecule has 0 unspecified atom stereocenters. The number of halogens is 2. The lowest BCUT2D eigenvalue weighted by Gasteiger charge is -2.07. The number of imidazole rings is 1. The summed E-state index contributed by atoms with van der Waals surface area (Å²) in [7, 11) is 1.80. The van der Waals surface area contributed by atoms with E-state index in [1.807, 2.05) is 6.92 Å². The van der Waals surface area contributed by atoms with E-state index in [1.165, 1.54) is 0 Å². The largest absolute Gasteiger partial charge is 0.374 e. The second-order valence-corrected chi connectivity index (χ2v) is 4.18. The van der Waals surface area contributed by atoms with Gasteiger partial charge >= 0.3 is 0 Å². The summed E-state index contributed by atoms with van der Waals surface area (Å²) >= 11 is 0. The van der Waals surface area contributed by atoms with Crippen LogP contribution in [0.4, 0.5) is 14.7 Å². The van der Waals surface area contributed by atoms with Gasteiger partial charge in [0.1, 0.15) is 12.1 Å². The van der Waals surface area contributed by atoms with Crippen molar-refractivity contribution < 1.29 is 13.5 Å². The quantitative estimate of drug-likeness (QED) is 0.803. The molecule has 8 heteroatoms. The number of alkyl halides is 2. The van der Waals surface area contributed by atoms with Crippen molar-refractivity contribution in [2.45, 2.75) is 26.3 Å². The molecule has 0 aliphatic rings. The van der Waals surface area contributed by atoms with Crippen LogP contribution in [0, 0.1) is 0 Å². The number of aryl methyl sites for hydroxylation is 2. The smallest absolute Gasteiger partial charge is 0.261 e. The van der Waals surface area contributed by atoms with Gasteiger partial charge in [-0.15, -0.1) is 0 Å². The summed E-state index contributed by atoms with van der Waals surface area (Å²) in [5, 5.41) is 4.34. The number of rotatable bonds is 6. The summed E-state index contributed by atoms with van der Waals surface area (Å²) in [5.41, 5.74) is 8.26. The van der Waals surface area contributed by atoms with Crippen LogP contribution in [0.2, 0.25) is 0 Å². The van der Waals surface area contributed by atoms with Gasteiger partial charge in [0.2, 0.25) is 5.95 Å². The first kappa shape index (κ1) is 13.7. The van der Waals surface area contributed by atoms with Crippen molar-refractivity contribution in [3.63, 3.8) is 0 Å². The van der Waals surface area contributed by atoms with Gasteiger partial charge in [-0.1, -0.05) is 6.92 Å².